The summed E-state index contributed by atoms with van der Waals surface area (Å²) < 4.78 is 54.9. The molecule has 1 fully saturated rings. The third-order valence-electron chi connectivity index (χ3n) is 8.01. The molecule has 0 bridgehead atoms. The van der Waals surface area contributed by atoms with Gasteiger partial charge in [-0.2, -0.15) is 0 Å². The van der Waals surface area contributed by atoms with Crippen molar-refractivity contribution in [2.75, 3.05) is 19.0 Å². The molecule has 46 heavy (non-hydrogen) atoms. The van der Waals surface area contributed by atoms with E-state index in [1.807, 2.05) is 0 Å². The Kier molecular flexibility index (Phi) is 7.83. The van der Waals surface area contributed by atoms with E-state index in [4.69, 9.17) is 18.9 Å². The number of nitrogens with zero attached hydrogens (tertiary/aromatic N) is 4. The minimum atomic E-state index is -0.766. The fourth-order valence-electron chi connectivity index (χ4n) is 5.81. The van der Waals surface area contributed by atoms with Crippen LogP contribution in [0.2, 0.25) is 0 Å². The molecule has 1 amide bonds. The Bertz CT molecular complexity index is 2000. The molecule has 13 heteroatoms. The molecule has 236 valence electrons. The van der Waals surface area contributed by atoms with Crippen LogP contribution in [0, 0.1) is 11.6 Å². The average Bonchev–Trinajstić information content (AvgIpc) is 3.67. The number of anilines is 1. The van der Waals surface area contributed by atoms with Crippen molar-refractivity contribution in [2.24, 2.45) is 0 Å². The van der Waals surface area contributed by atoms with Crippen LogP contribution >= 0.6 is 0 Å². The van der Waals surface area contributed by atoms with Crippen LogP contribution in [-0.4, -0.2) is 45.2 Å². The minimum Gasteiger partial charge on any atom is -0.493 e. The normalized spacial score (nSPS) is 15.8. The molecular weight excluding hydrogens is 600 g/mol. The maximum Gasteiger partial charge on any atom is 0.284 e. The average molecular weight is 630 g/mol. The van der Waals surface area contributed by atoms with Crippen molar-refractivity contribution < 1.29 is 32.5 Å². The Morgan fingerprint density at radius 2 is 1.85 bits per heavy atom. The standard InChI is InChI=1S/C33H29F2N5O6/c1-43-27-16-22-24(17-28(27)45-29-6-4-14-44-29)36-18-37-32(22)46-26-12-9-20(15-23(26)35)38-31(41)30-25-5-2-3-13-39(25)40(33(30)42)21-10-7-19(34)8-11-21/h7-12,15-18,29H,2-6,13-14H2,1H3,(H,38,41)/t29-/m1/s1. The number of hydrogen-bond donors (Lipinski definition) is 1. The first-order chi connectivity index (χ1) is 22.4. The van der Waals surface area contributed by atoms with Gasteiger partial charge in [0.05, 0.1) is 36.0 Å². The summed E-state index contributed by atoms with van der Waals surface area (Å²) in [5.74, 6) is -1.06. The number of amides is 1. The first-order valence-electron chi connectivity index (χ1n) is 14.9. The summed E-state index contributed by atoms with van der Waals surface area (Å²) in [6, 6.07) is 12.8. The lowest BCUT2D eigenvalue weighted by atomic mass is 10.1. The van der Waals surface area contributed by atoms with Gasteiger partial charge in [0.15, 0.2) is 29.4 Å². The van der Waals surface area contributed by atoms with Gasteiger partial charge in [-0.1, -0.05) is 0 Å². The summed E-state index contributed by atoms with van der Waals surface area (Å²) in [6.07, 6.45) is 4.74. The zero-order chi connectivity index (χ0) is 31.8. The molecule has 2 aliphatic rings. The molecular formula is C33H29F2N5O6. The molecule has 4 heterocycles. The van der Waals surface area contributed by atoms with Gasteiger partial charge in [0.2, 0.25) is 5.88 Å². The maximum atomic E-state index is 15.4. The van der Waals surface area contributed by atoms with E-state index < -0.39 is 23.1 Å². The number of ether oxygens (including phenoxy) is 4. The molecule has 11 nitrogen and oxygen atoms in total. The Balaban J connectivity index is 1.14. The van der Waals surface area contributed by atoms with Crippen LogP contribution in [0.3, 0.4) is 0 Å². The van der Waals surface area contributed by atoms with Crippen molar-refractivity contribution in [1.82, 2.24) is 19.3 Å². The highest BCUT2D eigenvalue weighted by atomic mass is 19.1. The predicted octanol–water partition coefficient (Wildman–Crippen LogP) is 5.77. The summed E-state index contributed by atoms with van der Waals surface area (Å²) in [6.45, 7) is 1.16. The van der Waals surface area contributed by atoms with Gasteiger partial charge in [-0.15, -0.1) is 0 Å². The van der Waals surface area contributed by atoms with E-state index in [2.05, 4.69) is 15.3 Å². The van der Waals surface area contributed by atoms with Crippen molar-refractivity contribution in [3.8, 4) is 28.8 Å². The molecule has 1 N–H and O–H groups in total. The fourth-order valence-corrected chi connectivity index (χ4v) is 5.81. The van der Waals surface area contributed by atoms with Gasteiger partial charge in [-0.25, -0.2) is 23.4 Å². The van der Waals surface area contributed by atoms with Crippen molar-refractivity contribution in [3.05, 3.63) is 94.2 Å². The van der Waals surface area contributed by atoms with E-state index in [0.717, 1.165) is 31.7 Å². The van der Waals surface area contributed by atoms with Crippen LogP contribution in [0.4, 0.5) is 14.5 Å². The molecule has 0 radical (unpaired) electrons. The van der Waals surface area contributed by atoms with Crippen molar-refractivity contribution >= 4 is 22.5 Å². The van der Waals surface area contributed by atoms with E-state index >= 15 is 4.39 Å². The summed E-state index contributed by atoms with van der Waals surface area (Å²) in [4.78, 5) is 35.4. The molecule has 0 spiro atoms. The van der Waals surface area contributed by atoms with Gasteiger partial charge in [0, 0.05) is 30.8 Å². The van der Waals surface area contributed by atoms with E-state index in [1.165, 1.54) is 54.5 Å². The highest BCUT2D eigenvalue weighted by Gasteiger charge is 2.28. The molecule has 0 unspecified atom stereocenters. The van der Waals surface area contributed by atoms with Crippen LogP contribution in [0.25, 0.3) is 16.6 Å². The number of methoxy groups -OCH3 is 1. The highest BCUT2D eigenvalue weighted by molar-refractivity contribution is 6.05. The summed E-state index contributed by atoms with van der Waals surface area (Å²) in [5.41, 5.74) is 1.08. The number of carbonyl (C=O) groups excluding carboxylic acids is 1. The van der Waals surface area contributed by atoms with Gasteiger partial charge >= 0.3 is 0 Å². The second-order valence-corrected chi connectivity index (χ2v) is 11.0. The number of fused-ring (bicyclic) bond motifs is 2. The third kappa shape index (κ3) is 5.53. The van der Waals surface area contributed by atoms with Crippen molar-refractivity contribution in [2.45, 2.75) is 44.9 Å². The Labute approximate surface area is 261 Å². The number of aromatic nitrogens is 4. The van der Waals surface area contributed by atoms with Gasteiger partial charge in [0.25, 0.3) is 11.5 Å². The minimum absolute atomic E-state index is 0.0333. The van der Waals surface area contributed by atoms with Crippen LogP contribution in [0.5, 0.6) is 23.1 Å². The molecule has 0 aliphatic carbocycles. The monoisotopic (exact) mass is 629 g/mol. The second kappa shape index (κ2) is 12.2. The van der Waals surface area contributed by atoms with Gasteiger partial charge < -0.3 is 24.3 Å². The fraction of sp³-hybridized carbons (Fsp3) is 0.273. The Morgan fingerprint density at radius 1 is 1.00 bits per heavy atom. The Hall–Kier alpha value is -5.30. The topological polar surface area (TPSA) is 119 Å². The van der Waals surface area contributed by atoms with Crippen LogP contribution in [0.1, 0.15) is 41.7 Å². The zero-order valence-corrected chi connectivity index (χ0v) is 24.8. The number of benzene rings is 3. The highest BCUT2D eigenvalue weighted by Crippen LogP contribution is 2.38. The van der Waals surface area contributed by atoms with Crippen LogP contribution in [-0.2, 0) is 17.7 Å². The summed E-state index contributed by atoms with van der Waals surface area (Å²) >= 11 is 0. The number of nitrogens with one attached hydrogen (secondary N) is 1. The summed E-state index contributed by atoms with van der Waals surface area (Å²) in [5, 5.41) is 3.11. The lowest BCUT2D eigenvalue weighted by Gasteiger charge is -2.19. The van der Waals surface area contributed by atoms with E-state index in [0.29, 0.717) is 53.4 Å². The van der Waals surface area contributed by atoms with E-state index in [1.54, 1.807) is 16.8 Å². The van der Waals surface area contributed by atoms with Crippen LogP contribution < -0.4 is 25.1 Å². The summed E-state index contributed by atoms with van der Waals surface area (Å²) in [7, 11) is 1.50. The predicted molar refractivity (Wildman–Crippen MR) is 163 cm³/mol. The Morgan fingerprint density at radius 3 is 2.61 bits per heavy atom. The SMILES string of the molecule is COc1cc2c(Oc3ccc(NC(=O)c4c5n(n(-c6ccc(F)cc6)c4=O)CCCC5)cc3F)ncnc2cc1O[C@@H]1CCCO1. The largest absolute Gasteiger partial charge is 0.493 e. The van der Waals surface area contributed by atoms with Gasteiger partial charge in [-0.3, -0.25) is 14.3 Å². The molecule has 2 aliphatic heterocycles. The second-order valence-electron chi connectivity index (χ2n) is 11.0. The maximum absolute atomic E-state index is 15.4. The lowest BCUT2D eigenvalue weighted by molar-refractivity contribution is -0.0401. The number of carbonyl (C=O) groups is 1. The van der Waals surface area contributed by atoms with Crippen molar-refractivity contribution in [1.29, 1.82) is 0 Å². The van der Waals surface area contributed by atoms with Gasteiger partial charge in [-0.05, 0) is 68.1 Å². The number of hydrogen-bond acceptors (Lipinski definition) is 8. The van der Waals surface area contributed by atoms with E-state index in [9.17, 15) is 14.0 Å². The van der Waals surface area contributed by atoms with E-state index in [-0.39, 0.29) is 29.2 Å². The lowest BCUT2D eigenvalue weighted by Crippen LogP contribution is -2.26. The molecule has 5 aromatic rings. The van der Waals surface area contributed by atoms with Crippen molar-refractivity contribution in [3.63, 3.8) is 0 Å². The smallest absolute Gasteiger partial charge is 0.284 e. The number of rotatable bonds is 8. The third-order valence-corrected chi connectivity index (χ3v) is 8.01. The molecule has 2 aromatic heterocycles. The zero-order valence-electron chi connectivity index (χ0n) is 24.8. The molecule has 7 rings (SSSR count). The first-order valence-corrected chi connectivity index (χ1v) is 14.9. The first kappa shape index (κ1) is 29.4. The molecule has 1 atom stereocenters. The van der Waals surface area contributed by atoms with Crippen LogP contribution in [0.15, 0.2) is 65.7 Å². The van der Waals surface area contributed by atoms with Gasteiger partial charge in [0.1, 0.15) is 17.7 Å². The quantitative estimate of drug-likeness (QED) is 0.230. The molecule has 0 saturated carbocycles. The number of halogens is 2. The molecule has 3 aromatic carbocycles. The molecule has 1 saturated heterocycles.